The highest BCUT2D eigenvalue weighted by molar-refractivity contribution is 7.08. The topological polar surface area (TPSA) is 63.1 Å². The highest BCUT2D eigenvalue weighted by atomic mass is 32.1. The van der Waals surface area contributed by atoms with Crippen LogP contribution in [0, 0.1) is 5.92 Å². The SMILES string of the molecule is CCNC(=O)N1CCCC(Cn2cc(-c3ccsc3)nn2)C1. The summed E-state index contributed by atoms with van der Waals surface area (Å²) in [5.74, 6) is 0.438. The Morgan fingerprint density at radius 1 is 1.55 bits per heavy atom. The largest absolute Gasteiger partial charge is 0.338 e. The van der Waals surface area contributed by atoms with Gasteiger partial charge in [-0.15, -0.1) is 5.10 Å². The number of urea groups is 1. The van der Waals surface area contributed by atoms with Crippen LogP contribution in [-0.4, -0.2) is 45.6 Å². The van der Waals surface area contributed by atoms with Crippen molar-refractivity contribution in [3.63, 3.8) is 0 Å². The summed E-state index contributed by atoms with van der Waals surface area (Å²) in [6.07, 6.45) is 4.17. The lowest BCUT2D eigenvalue weighted by Gasteiger charge is -2.32. The number of hydrogen-bond donors (Lipinski definition) is 1. The van der Waals surface area contributed by atoms with Gasteiger partial charge in [-0.25, -0.2) is 4.79 Å². The minimum Gasteiger partial charge on any atom is -0.338 e. The third-order valence-electron chi connectivity index (χ3n) is 3.94. The van der Waals surface area contributed by atoms with E-state index in [1.807, 2.05) is 28.1 Å². The number of carbonyl (C=O) groups is 1. The summed E-state index contributed by atoms with van der Waals surface area (Å²) in [5, 5.41) is 15.5. The molecule has 0 aliphatic carbocycles. The molecular weight excluding hydrogens is 298 g/mol. The maximum atomic E-state index is 11.9. The van der Waals surface area contributed by atoms with Crippen LogP contribution in [0.5, 0.6) is 0 Å². The lowest BCUT2D eigenvalue weighted by molar-refractivity contribution is 0.158. The molecule has 0 bridgehead atoms. The van der Waals surface area contributed by atoms with Crippen molar-refractivity contribution in [1.82, 2.24) is 25.2 Å². The standard InChI is InChI=1S/C15H21N5OS/c1-2-16-15(21)19-6-3-4-12(8-19)9-20-10-14(17-18-20)13-5-7-22-11-13/h5,7,10-12H,2-4,6,8-9H2,1H3,(H,16,21). The van der Waals surface area contributed by atoms with Crippen molar-refractivity contribution in [2.24, 2.45) is 5.92 Å². The molecule has 2 aromatic heterocycles. The van der Waals surface area contributed by atoms with Crippen LogP contribution in [0.1, 0.15) is 19.8 Å². The fourth-order valence-corrected chi connectivity index (χ4v) is 3.51. The molecule has 2 aromatic rings. The molecule has 1 saturated heterocycles. The Bertz CT molecular complexity index is 609. The summed E-state index contributed by atoms with van der Waals surface area (Å²) < 4.78 is 1.90. The van der Waals surface area contributed by atoms with Crippen LogP contribution < -0.4 is 5.32 Å². The summed E-state index contributed by atoms with van der Waals surface area (Å²) >= 11 is 1.66. The third-order valence-corrected chi connectivity index (χ3v) is 4.62. The molecule has 0 aromatic carbocycles. The van der Waals surface area contributed by atoms with Crippen molar-refractivity contribution in [3.8, 4) is 11.3 Å². The van der Waals surface area contributed by atoms with Gasteiger partial charge in [0.1, 0.15) is 5.69 Å². The number of carbonyl (C=O) groups excluding carboxylic acids is 1. The second-order valence-electron chi connectivity index (χ2n) is 5.63. The van der Waals surface area contributed by atoms with Gasteiger partial charge in [0.25, 0.3) is 0 Å². The highest BCUT2D eigenvalue weighted by Crippen LogP contribution is 2.21. The van der Waals surface area contributed by atoms with E-state index < -0.39 is 0 Å². The van der Waals surface area contributed by atoms with Crippen molar-refractivity contribution < 1.29 is 4.79 Å². The number of thiophene rings is 1. The van der Waals surface area contributed by atoms with Gasteiger partial charge in [0.15, 0.2) is 0 Å². The molecule has 1 atom stereocenters. The van der Waals surface area contributed by atoms with Gasteiger partial charge in [-0.05, 0) is 37.1 Å². The van der Waals surface area contributed by atoms with Crippen molar-refractivity contribution >= 4 is 17.4 Å². The molecule has 3 heterocycles. The van der Waals surface area contributed by atoms with E-state index in [2.05, 4.69) is 27.1 Å². The molecule has 7 heteroatoms. The zero-order chi connectivity index (χ0) is 15.4. The Labute approximate surface area is 134 Å². The lowest BCUT2D eigenvalue weighted by atomic mass is 9.98. The summed E-state index contributed by atoms with van der Waals surface area (Å²) in [5.41, 5.74) is 2.03. The van der Waals surface area contributed by atoms with E-state index in [1.54, 1.807) is 11.3 Å². The van der Waals surface area contributed by atoms with Crippen molar-refractivity contribution in [2.45, 2.75) is 26.3 Å². The smallest absolute Gasteiger partial charge is 0.317 e. The van der Waals surface area contributed by atoms with Crippen LogP contribution in [0.4, 0.5) is 4.79 Å². The number of hydrogen-bond acceptors (Lipinski definition) is 4. The molecule has 3 rings (SSSR count). The number of nitrogens with one attached hydrogen (secondary N) is 1. The maximum Gasteiger partial charge on any atom is 0.317 e. The zero-order valence-corrected chi connectivity index (χ0v) is 13.6. The number of amides is 2. The van der Waals surface area contributed by atoms with Gasteiger partial charge in [0.05, 0.1) is 6.20 Å². The molecule has 118 valence electrons. The summed E-state index contributed by atoms with van der Waals surface area (Å²) in [4.78, 5) is 13.8. The number of nitrogens with zero attached hydrogens (tertiary/aromatic N) is 4. The molecular formula is C15H21N5OS. The van der Waals surface area contributed by atoms with E-state index in [9.17, 15) is 4.79 Å². The third kappa shape index (κ3) is 3.47. The van der Waals surface area contributed by atoms with Crippen LogP contribution >= 0.6 is 11.3 Å². The molecule has 22 heavy (non-hydrogen) atoms. The first-order chi connectivity index (χ1) is 10.8. The Kier molecular flexibility index (Phi) is 4.72. The monoisotopic (exact) mass is 319 g/mol. The fourth-order valence-electron chi connectivity index (χ4n) is 2.86. The molecule has 1 N–H and O–H groups in total. The van der Waals surface area contributed by atoms with Gasteiger partial charge < -0.3 is 10.2 Å². The molecule has 1 aliphatic heterocycles. The number of likely N-dealkylation sites (tertiary alicyclic amines) is 1. The van der Waals surface area contributed by atoms with Crippen LogP contribution in [0.25, 0.3) is 11.3 Å². The molecule has 1 aliphatic rings. The van der Waals surface area contributed by atoms with Crippen molar-refractivity contribution in [2.75, 3.05) is 19.6 Å². The first kappa shape index (κ1) is 15.0. The average Bonchev–Trinajstić information content (AvgIpc) is 3.18. The Hall–Kier alpha value is -1.89. The minimum absolute atomic E-state index is 0.0461. The van der Waals surface area contributed by atoms with E-state index in [1.165, 1.54) is 0 Å². The summed E-state index contributed by atoms with van der Waals surface area (Å²) in [6, 6.07) is 2.10. The number of piperidine rings is 1. The zero-order valence-electron chi connectivity index (χ0n) is 12.7. The van der Waals surface area contributed by atoms with E-state index in [4.69, 9.17) is 0 Å². The second kappa shape index (κ2) is 6.91. The van der Waals surface area contributed by atoms with E-state index in [0.717, 1.165) is 43.7 Å². The van der Waals surface area contributed by atoms with Gasteiger partial charge >= 0.3 is 6.03 Å². The van der Waals surface area contributed by atoms with Crippen LogP contribution in [0.15, 0.2) is 23.0 Å². The van der Waals surface area contributed by atoms with Gasteiger partial charge in [0.2, 0.25) is 0 Å². The normalized spacial score (nSPS) is 18.4. The number of aromatic nitrogens is 3. The first-order valence-electron chi connectivity index (χ1n) is 7.71. The predicted octanol–water partition coefficient (Wildman–Crippen LogP) is 2.45. The highest BCUT2D eigenvalue weighted by Gasteiger charge is 2.24. The van der Waals surface area contributed by atoms with Gasteiger partial charge in [-0.2, -0.15) is 11.3 Å². The Balaban J connectivity index is 1.60. The first-order valence-corrected chi connectivity index (χ1v) is 8.66. The average molecular weight is 319 g/mol. The van der Waals surface area contributed by atoms with Crippen LogP contribution in [-0.2, 0) is 6.54 Å². The second-order valence-corrected chi connectivity index (χ2v) is 6.41. The molecule has 0 radical (unpaired) electrons. The quantitative estimate of drug-likeness (QED) is 0.941. The molecule has 2 amide bonds. The lowest BCUT2D eigenvalue weighted by Crippen LogP contribution is -2.46. The Morgan fingerprint density at radius 3 is 3.23 bits per heavy atom. The minimum atomic E-state index is 0.0461. The molecule has 1 unspecified atom stereocenters. The van der Waals surface area contributed by atoms with Gasteiger partial charge in [-0.1, -0.05) is 5.21 Å². The van der Waals surface area contributed by atoms with Crippen LogP contribution in [0.2, 0.25) is 0 Å². The fraction of sp³-hybridized carbons (Fsp3) is 0.533. The molecule has 1 fully saturated rings. The maximum absolute atomic E-state index is 11.9. The van der Waals surface area contributed by atoms with Crippen molar-refractivity contribution in [3.05, 3.63) is 23.0 Å². The van der Waals surface area contributed by atoms with Crippen molar-refractivity contribution in [1.29, 1.82) is 0 Å². The van der Waals surface area contributed by atoms with E-state index in [-0.39, 0.29) is 6.03 Å². The predicted molar refractivity (Wildman–Crippen MR) is 86.7 cm³/mol. The summed E-state index contributed by atoms with van der Waals surface area (Å²) in [6.45, 7) is 5.07. The van der Waals surface area contributed by atoms with Crippen LogP contribution in [0.3, 0.4) is 0 Å². The summed E-state index contributed by atoms with van der Waals surface area (Å²) in [7, 11) is 0. The molecule has 0 spiro atoms. The Morgan fingerprint density at radius 2 is 2.45 bits per heavy atom. The van der Waals surface area contributed by atoms with Gasteiger partial charge in [0, 0.05) is 37.1 Å². The van der Waals surface area contributed by atoms with E-state index >= 15 is 0 Å². The number of rotatable bonds is 4. The molecule has 6 nitrogen and oxygen atoms in total. The van der Waals surface area contributed by atoms with E-state index in [0.29, 0.717) is 12.5 Å². The molecule has 0 saturated carbocycles. The van der Waals surface area contributed by atoms with Gasteiger partial charge in [-0.3, -0.25) is 4.68 Å².